The van der Waals surface area contributed by atoms with Gasteiger partial charge in [0.15, 0.2) is 12.6 Å². The number of nitrogens with one attached hydrogen (secondary N) is 1. The molecule has 0 amide bonds. The van der Waals surface area contributed by atoms with Gasteiger partial charge in [0.2, 0.25) is 0 Å². The molecule has 0 aromatic rings. The molecule has 284 valence electrons. The number of likely N-dealkylation sites (N-methyl/N-ethyl adjacent to an activating group) is 1. The molecule has 2 bridgehead atoms. The van der Waals surface area contributed by atoms with Gasteiger partial charge in [0.1, 0.15) is 41.4 Å². The van der Waals surface area contributed by atoms with Crippen LogP contribution in [0, 0.1) is 17.8 Å². The van der Waals surface area contributed by atoms with E-state index in [4.69, 9.17) is 33.2 Å². The lowest BCUT2D eigenvalue weighted by Crippen LogP contribution is -2.60. The summed E-state index contributed by atoms with van der Waals surface area (Å²) in [7, 11) is 3.31. The second-order valence-electron chi connectivity index (χ2n) is 15.7. The van der Waals surface area contributed by atoms with Gasteiger partial charge >= 0.3 is 5.97 Å². The summed E-state index contributed by atoms with van der Waals surface area (Å²) in [4.78, 5) is 14.2. The standard InChI is InChI=1S/C36H63NO12/c1-13-24(38)36(10,42)31-19(4)27-17(2)15-35(9,49-27)30(48-33-26(39)23(37-11)14-18(3)44-33)20(5)28(21(6)32(41)47-31)46-25-16-34(8,43-12)29(40)22(7)45-25/h18-26,28-31,33,37-40,42H,13-16H2,1-12H3/t18?,19-,20-,21+,22?,23?,24+,25-,26?,28-,29-,30+,31+,33-,34?,35?,36+/m0/s1. The van der Waals surface area contributed by atoms with Crippen molar-refractivity contribution in [2.24, 2.45) is 17.8 Å². The molecule has 0 spiro atoms. The molecule has 3 saturated heterocycles. The number of fused-ring (bicyclic) bond motifs is 2. The first kappa shape index (κ1) is 40.4. The highest BCUT2D eigenvalue weighted by Crippen LogP contribution is 2.48. The summed E-state index contributed by atoms with van der Waals surface area (Å²) in [6, 6.07) is -0.274. The molecule has 0 radical (unpaired) electrons. The Morgan fingerprint density at radius 1 is 1.08 bits per heavy atom. The van der Waals surface area contributed by atoms with Crippen molar-refractivity contribution in [2.75, 3.05) is 14.2 Å². The van der Waals surface area contributed by atoms with Gasteiger partial charge in [-0.2, -0.15) is 0 Å². The highest BCUT2D eigenvalue weighted by atomic mass is 16.7. The smallest absolute Gasteiger partial charge is 0.311 e. The van der Waals surface area contributed by atoms with Crippen LogP contribution in [0.25, 0.3) is 0 Å². The third-order valence-corrected chi connectivity index (χ3v) is 11.7. The Bertz CT molecular complexity index is 1180. The van der Waals surface area contributed by atoms with Gasteiger partial charge in [-0.05, 0) is 73.9 Å². The fourth-order valence-electron chi connectivity index (χ4n) is 8.52. The van der Waals surface area contributed by atoms with E-state index in [0.29, 0.717) is 18.6 Å². The zero-order valence-corrected chi connectivity index (χ0v) is 31.5. The molecule has 49 heavy (non-hydrogen) atoms. The average molecular weight is 702 g/mol. The summed E-state index contributed by atoms with van der Waals surface area (Å²) in [5, 5.41) is 48.1. The maximum Gasteiger partial charge on any atom is 0.311 e. The minimum Gasteiger partial charge on any atom is -0.488 e. The van der Waals surface area contributed by atoms with E-state index in [1.807, 2.05) is 34.6 Å². The lowest BCUT2D eigenvalue weighted by molar-refractivity contribution is -0.314. The minimum absolute atomic E-state index is 0.174. The average Bonchev–Trinajstić information content (AvgIpc) is 3.37. The Balaban J connectivity index is 1.82. The fourth-order valence-corrected chi connectivity index (χ4v) is 8.52. The predicted octanol–water partition coefficient (Wildman–Crippen LogP) is 2.55. The number of hydrogen-bond donors (Lipinski definition) is 5. The molecule has 0 aromatic heterocycles. The molecular formula is C36H63NO12. The molecule has 17 atom stereocenters. The zero-order valence-electron chi connectivity index (χ0n) is 31.5. The first-order valence-electron chi connectivity index (χ1n) is 17.9. The van der Waals surface area contributed by atoms with Crippen molar-refractivity contribution in [1.29, 1.82) is 0 Å². The molecule has 5 N–H and O–H groups in total. The maximum absolute atomic E-state index is 14.2. The Labute approximate surface area is 291 Å². The number of aliphatic hydroxyl groups is 4. The monoisotopic (exact) mass is 701 g/mol. The van der Waals surface area contributed by atoms with Crippen LogP contribution in [0.2, 0.25) is 0 Å². The van der Waals surface area contributed by atoms with Crippen LogP contribution in [0.15, 0.2) is 11.3 Å². The van der Waals surface area contributed by atoms with Gasteiger partial charge in [0.05, 0.1) is 41.9 Å². The van der Waals surface area contributed by atoms with E-state index >= 15 is 0 Å². The van der Waals surface area contributed by atoms with Gasteiger partial charge in [-0.25, -0.2) is 0 Å². The van der Waals surface area contributed by atoms with Crippen molar-refractivity contribution in [3.8, 4) is 0 Å². The Morgan fingerprint density at radius 2 is 1.73 bits per heavy atom. The molecule has 0 saturated carbocycles. The number of hydrogen-bond acceptors (Lipinski definition) is 13. The van der Waals surface area contributed by atoms with E-state index < -0.39 is 95.8 Å². The third-order valence-electron chi connectivity index (χ3n) is 11.7. The van der Waals surface area contributed by atoms with Crippen molar-refractivity contribution >= 4 is 5.97 Å². The lowest BCUT2D eigenvalue weighted by Gasteiger charge is -2.48. The molecule has 0 aliphatic carbocycles. The van der Waals surface area contributed by atoms with Crippen LogP contribution < -0.4 is 5.32 Å². The van der Waals surface area contributed by atoms with Gasteiger partial charge in [0, 0.05) is 31.9 Å². The number of cyclic esters (lactones) is 1. The molecule has 4 aliphatic heterocycles. The predicted molar refractivity (Wildman–Crippen MR) is 179 cm³/mol. The fraction of sp³-hybridized carbons (Fsp3) is 0.917. The molecule has 4 heterocycles. The molecule has 4 aliphatic rings. The van der Waals surface area contributed by atoms with E-state index in [2.05, 4.69) is 5.32 Å². The van der Waals surface area contributed by atoms with Crippen molar-refractivity contribution in [3.63, 3.8) is 0 Å². The summed E-state index contributed by atoms with van der Waals surface area (Å²) in [6.45, 7) is 17.9. The van der Waals surface area contributed by atoms with E-state index in [1.54, 1.807) is 34.7 Å². The normalized spacial score (nSPS) is 47.1. The number of carbonyl (C=O) groups excluding carboxylic acids is 1. The van der Waals surface area contributed by atoms with Crippen LogP contribution in [0.1, 0.15) is 94.9 Å². The number of aliphatic hydroxyl groups excluding tert-OH is 3. The Kier molecular flexibility index (Phi) is 12.6. The van der Waals surface area contributed by atoms with Crippen molar-refractivity contribution in [3.05, 3.63) is 11.3 Å². The van der Waals surface area contributed by atoms with Crippen LogP contribution in [-0.2, 0) is 38.0 Å². The van der Waals surface area contributed by atoms with Crippen LogP contribution >= 0.6 is 0 Å². The minimum atomic E-state index is -1.82. The number of carbonyl (C=O) groups is 1. The van der Waals surface area contributed by atoms with E-state index in [9.17, 15) is 25.2 Å². The van der Waals surface area contributed by atoms with E-state index in [-0.39, 0.29) is 25.0 Å². The molecule has 4 rings (SSSR count). The maximum atomic E-state index is 14.2. The highest BCUT2D eigenvalue weighted by Gasteiger charge is 2.56. The summed E-state index contributed by atoms with van der Waals surface area (Å²) >= 11 is 0. The van der Waals surface area contributed by atoms with Gasteiger partial charge in [-0.15, -0.1) is 0 Å². The topological polar surface area (TPSA) is 175 Å². The van der Waals surface area contributed by atoms with Crippen LogP contribution in [-0.4, -0.2) is 125 Å². The number of methoxy groups -OCH3 is 1. The summed E-state index contributed by atoms with van der Waals surface area (Å²) in [5.74, 6) is -2.26. The molecule has 3 fully saturated rings. The molecular weight excluding hydrogens is 638 g/mol. The van der Waals surface area contributed by atoms with Gasteiger partial charge < -0.3 is 58.9 Å². The van der Waals surface area contributed by atoms with Crippen LogP contribution in [0.4, 0.5) is 0 Å². The second kappa shape index (κ2) is 15.3. The highest BCUT2D eigenvalue weighted by molar-refractivity contribution is 5.73. The first-order valence-corrected chi connectivity index (χ1v) is 17.9. The third kappa shape index (κ3) is 7.86. The van der Waals surface area contributed by atoms with Gasteiger partial charge in [0.25, 0.3) is 0 Å². The van der Waals surface area contributed by atoms with Crippen molar-refractivity contribution in [1.82, 2.24) is 5.32 Å². The number of rotatable bonds is 9. The van der Waals surface area contributed by atoms with Crippen molar-refractivity contribution < 1.29 is 58.4 Å². The van der Waals surface area contributed by atoms with Crippen LogP contribution in [0.3, 0.4) is 0 Å². The summed E-state index contributed by atoms with van der Waals surface area (Å²) in [5.41, 5.74) is -2.95. The van der Waals surface area contributed by atoms with E-state index in [1.165, 1.54) is 14.0 Å². The second-order valence-corrected chi connectivity index (χ2v) is 15.7. The SMILES string of the molecule is CC[C@@H](O)[C@@](C)(O)[C@@H]1OC(=O)[C@H](C)[C@@H](O[C@H]2CC(C)(OC)[C@@H](O)C(C)O2)[C@H](C)[C@@H](O[C@@H]2OC(C)CC(NC)C2O)C2(C)CC(C)=C(O2)[C@@H]1C. The Hall–Kier alpha value is -1.39. The summed E-state index contributed by atoms with van der Waals surface area (Å²) in [6.07, 6.45) is -7.29. The lowest BCUT2D eigenvalue weighted by atomic mass is 9.78. The van der Waals surface area contributed by atoms with Gasteiger partial charge in [-0.3, -0.25) is 4.79 Å². The van der Waals surface area contributed by atoms with Crippen LogP contribution in [0.5, 0.6) is 0 Å². The zero-order chi connectivity index (χ0) is 36.8. The molecule has 6 unspecified atom stereocenters. The first-order chi connectivity index (χ1) is 22.7. The quantitative estimate of drug-likeness (QED) is 0.222. The molecule has 0 aromatic carbocycles. The van der Waals surface area contributed by atoms with Gasteiger partial charge in [-0.1, -0.05) is 20.8 Å². The summed E-state index contributed by atoms with van der Waals surface area (Å²) < 4.78 is 44.6. The molecule has 13 nitrogen and oxygen atoms in total. The largest absolute Gasteiger partial charge is 0.488 e. The van der Waals surface area contributed by atoms with Crippen molar-refractivity contribution in [2.45, 2.75) is 179 Å². The number of esters is 1. The number of ether oxygens (including phenoxy) is 7. The molecule has 13 heteroatoms. The van der Waals surface area contributed by atoms with E-state index in [0.717, 1.165) is 5.57 Å². The Morgan fingerprint density at radius 3 is 2.33 bits per heavy atom.